The third-order valence-corrected chi connectivity index (χ3v) is 8.00. The molecule has 1 atom stereocenters. The van der Waals surface area contributed by atoms with Gasteiger partial charge in [0.1, 0.15) is 11.5 Å². The summed E-state index contributed by atoms with van der Waals surface area (Å²) in [5, 5.41) is 0.609. The molecule has 0 radical (unpaired) electrons. The first-order valence-corrected chi connectivity index (χ1v) is 15.1. The Labute approximate surface area is 257 Å². The zero-order valence-electron chi connectivity index (χ0n) is 24.3. The van der Waals surface area contributed by atoms with Crippen LogP contribution in [-0.4, -0.2) is 49.6 Å². The van der Waals surface area contributed by atoms with E-state index >= 15 is 4.39 Å². The maximum absolute atomic E-state index is 15.1. The molecule has 12 heteroatoms. The molecule has 0 amide bonds. The number of hydrogen-bond donors (Lipinski definition) is 1. The maximum atomic E-state index is 15.1. The van der Waals surface area contributed by atoms with Gasteiger partial charge in [0.15, 0.2) is 23.1 Å². The Hall–Kier alpha value is -3.90. The van der Waals surface area contributed by atoms with E-state index in [1.807, 2.05) is 0 Å². The fourth-order valence-corrected chi connectivity index (χ4v) is 5.78. The fraction of sp³-hybridized carbons (Fsp3) is 0.344. The summed E-state index contributed by atoms with van der Waals surface area (Å²) in [4.78, 5) is 7.10. The van der Waals surface area contributed by atoms with Crippen molar-refractivity contribution < 1.29 is 36.5 Å². The lowest BCUT2D eigenvalue weighted by atomic mass is 10.0. The van der Waals surface area contributed by atoms with Crippen molar-refractivity contribution in [3.8, 4) is 28.7 Å². The molecule has 0 bridgehead atoms. The van der Waals surface area contributed by atoms with E-state index in [0.29, 0.717) is 40.4 Å². The molecule has 1 aliphatic rings. The maximum Gasteiger partial charge on any atom is 0.573 e. The molecule has 1 aliphatic heterocycles. The van der Waals surface area contributed by atoms with Gasteiger partial charge in [-0.25, -0.2) is 4.39 Å². The molecule has 7 nitrogen and oxygen atoms in total. The largest absolute Gasteiger partial charge is 0.573 e. The SMILES string of the molecule is COc1cc2c(Oc3ccc(NSc4ccccc4OC(F)(F)F)cc3F)ccnc2cc1OCCCN1CCCC(C)C1. The van der Waals surface area contributed by atoms with Crippen molar-refractivity contribution in [2.75, 3.05) is 38.1 Å². The molecule has 0 aliphatic carbocycles. The van der Waals surface area contributed by atoms with Crippen molar-refractivity contribution >= 4 is 28.5 Å². The molecule has 44 heavy (non-hydrogen) atoms. The predicted octanol–water partition coefficient (Wildman–Crippen LogP) is 8.69. The number of rotatable bonds is 12. The third kappa shape index (κ3) is 8.38. The van der Waals surface area contributed by atoms with Gasteiger partial charge in [0, 0.05) is 42.5 Å². The number of alkyl halides is 3. The molecule has 1 aromatic heterocycles. The van der Waals surface area contributed by atoms with Gasteiger partial charge < -0.3 is 28.6 Å². The van der Waals surface area contributed by atoms with Gasteiger partial charge in [-0.1, -0.05) is 19.1 Å². The molecule has 1 saturated heterocycles. The molecule has 1 N–H and O–H groups in total. The number of nitrogens with zero attached hydrogens (tertiary/aromatic N) is 2. The summed E-state index contributed by atoms with van der Waals surface area (Å²) >= 11 is 0.862. The quantitative estimate of drug-likeness (QED) is 0.0947. The van der Waals surface area contributed by atoms with Crippen LogP contribution in [0.25, 0.3) is 10.9 Å². The van der Waals surface area contributed by atoms with Crippen LogP contribution in [0.2, 0.25) is 0 Å². The normalized spacial score (nSPS) is 15.6. The van der Waals surface area contributed by atoms with Crippen LogP contribution in [0.3, 0.4) is 0 Å². The van der Waals surface area contributed by atoms with Gasteiger partial charge in [0.25, 0.3) is 0 Å². The van der Waals surface area contributed by atoms with Crippen LogP contribution in [0, 0.1) is 11.7 Å². The highest BCUT2D eigenvalue weighted by Gasteiger charge is 2.32. The van der Waals surface area contributed by atoms with E-state index in [9.17, 15) is 13.2 Å². The number of fused-ring (bicyclic) bond motifs is 1. The first-order chi connectivity index (χ1) is 21.2. The summed E-state index contributed by atoms with van der Waals surface area (Å²) in [6.07, 6.45) is 0.150. The molecule has 0 spiro atoms. The highest BCUT2D eigenvalue weighted by atomic mass is 32.2. The van der Waals surface area contributed by atoms with Gasteiger partial charge in [0.05, 0.1) is 24.1 Å². The van der Waals surface area contributed by atoms with Crippen LogP contribution in [0.5, 0.6) is 28.7 Å². The van der Waals surface area contributed by atoms with E-state index in [2.05, 4.69) is 26.3 Å². The minimum atomic E-state index is -4.83. The Morgan fingerprint density at radius 3 is 2.61 bits per heavy atom. The smallest absolute Gasteiger partial charge is 0.493 e. The number of halogens is 4. The second-order valence-corrected chi connectivity index (χ2v) is 11.4. The lowest BCUT2D eigenvalue weighted by Gasteiger charge is -2.30. The minimum Gasteiger partial charge on any atom is -0.493 e. The van der Waals surface area contributed by atoms with Crippen molar-refractivity contribution in [1.82, 2.24) is 9.88 Å². The summed E-state index contributed by atoms with van der Waals surface area (Å²) in [6, 6.07) is 15.0. The molecule has 3 aromatic carbocycles. The average molecular weight is 632 g/mol. The summed E-state index contributed by atoms with van der Waals surface area (Å²) in [5.74, 6) is 1.10. The number of para-hydroxylation sites is 1. The van der Waals surface area contributed by atoms with Crippen molar-refractivity contribution in [2.45, 2.75) is 37.4 Å². The Morgan fingerprint density at radius 1 is 1.00 bits per heavy atom. The Kier molecular flexibility index (Phi) is 10.2. The van der Waals surface area contributed by atoms with Crippen LogP contribution in [0.4, 0.5) is 23.2 Å². The van der Waals surface area contributed by atoms with E-state index in [0.717, 1.165) is 43.9 Å². The molecule has 1 unspecified atom stereocenters. The number of aromatic nitrogens is 1. The number of piperidine rings is 1. The molecular weight excluding hydrogens is 598 g/mol. The van der Waals surface area contributed by atoms with Gasteiger partial charge in [0.2, 0.25) is 0 Å². The highest BCUT2D eigenvalue weighted by Crippen LogP contribution is 2.39. The van der Waals surface area contributed by atoms with E-state index in [1.165, 1.54) is 43.2 Å². The van der Waals surface area contributed by atoms with Gasteiger partial charge in [-0.05, 0) is 80.1 Å². The van der Waals surface area contributed by atoms with Crippen LogP contribution < -0.4 is 23.7 Å². The lowest BCUT2D eigenvalue weighted by Crippen LogP contribution is -2.35. The van der Waals surface area contributed by atoms with Crippen molar-refractivity contribution in [3.63, 3.8) is 0 Å². The topological polar surface area (TPSA) is 65.1 Å². The Bertz CT molecular complexity index is 1570. The van der Waals surface area contributed by atoms with Crippen molar-refractivity contribution in [2.24, 2.45) is 5.92 Å². The summed E-state index contributed by atoms with van der Waals surface area (Å²) in [6.45, 7) is 6.06. The number of likely N-dealkylation sites (tertiary alicyclic amines) is 1. The minimum absolute atomic E-state index is 0.0415. The second-order valence-electron chi connectivity index (χ2n) is 10.5. The van der Waals surface area contributed by atoms with Gasteiger partial charge in [-0.3, -0.25) is 4.98 Å². The van der Waals surface area contributed by atoms with Crippen LogP contribution in [0.1, 0.15) is 26.2 Å². The Morgan fingerprint density at radius 2 is 1.84 bits per heavy atom. The van der Waals surface area contributed by atoms with E-state index in [-0.39, 0.29) is 16.4 Å². The van der Waals surface area contributed by atoms with Crippen molar-refractivity contribution in [3.05, 3.63) is 72.7 Å². The van der Waals surface area contributed by atoms with E-state index < -0.39 is 12.2 Å². The van der Waals surface area contributed by atoms with Gasteiger partial charge >= 0.3 is 6.36 Å². The van der Waals surface area contributed by atoms with Crippen LogP contribution >= 0.6 is 11.9 Å². The fourth-order valence-electron chi connectivity index (χ4n) is 5.07. The zero-order valence-corrected chi connectivity index (χ0v) is 25.1. The van der Waals surface area contributed by atoms with E-state index in [1.54, 1.807) is 43.6 Å². The number of pyridine rings is 1. The summed E-state index contributed by atoms with van der Waals surface area (Å²) < 4.78 is 77.7. The van der Waals surface area contributed by atoms with Crippen molar-refractivity contribution in [1.29, 1.82) is 0 Å². The lowest BCUT2D eigenvalue weighted by molar-refractivity contribution is -0.275. The summed E-state index contributed by atoms with van der Waals surface area (Å²) in [5.41, 5.74) is 0.914. The molecular formula is C32H33F4N3O4S. The summed E-state index contributed by atoms with van der Waals surface area (Å²) in [7, 11) is 1.55. The third-order valence-electron chi connectivity index (χ3n) is 7.11. The van der Waals surface area contributed by atoms with Gasteiger partial charge in [-0.15, -0.1) is 13.2 Å². The predicted molar refractivity (Wildman–Crippen MR) is 162 cm³/mol. The van der Waals surface area contributed by atoms with Crippen LogP contribution in [-0.2, 0) is 0 Å². The molecule has 1 fully saturated rings. The number of anilines is 1. The van der Waals surface area contributed by atoms with Gasteiger partial charge in [-0.2, -0.15) is 0 Å². The molecule has 4 aromatic rings. The van der Waals surface area contributed by atoms with E-state index in [4.69, 9.17) is 14.2 Å². The number of nitrogens with one attached hydrogen (secondary N) is 1. The first kappa shape index (κ1) is 31.5. The zero-order chi connectivity index (χ0) is 31.1. The Balaban J connectivity index is 1.24. The molecule has 0 saturated carbocycles. The first-order valence-electron chi connectivity index (χ1n) is 14.3. The molecule has 5 rings (SSSR count). The average Bonchev–Trinajstić information content (AvgIpc) is 2.99. The number of ether oxygens (including phenoxy) is 4. The number of benzene rings is 3. The number of hydrogen-bond acceptors (Lipinski definition) is 8. The highest BCUT2D eigenvalue weighted by molar-refractivity contribution is 8.00. The second kappa shape index (κ2) is 14.3. The molecule has 234 valence electrons. The standard InChI is InChI=1S/C32H33F4N3O4S/c1-21-7-5-14-39(20-21)15-6-16-41-30-19-25-23(18-29(30)40-2)26(12-13-37-25)42-27-11-10-22(17-24(27)33)38-44-31-9-4-3-8-28(31)43-32(34,35)36/h3-4,8-13,17-19,21,38H,5-7,14-16,20H2,1-2H3. The number of methoxy groups -OCH3 is 1. The van der Waals surface area contributed by atoms with Crippen LogP contribution in [0.15, 0.2) is 71.8 Å². The molecule has 2 heterocycles. The monoisotopic (exact) mass is 631 g/mol.